The summed E-state index contributed by atoms with van der Waals surface area (Å²) in [5, 5.41) is 3.58. The summed E-state index contributed by atoms with van der Waals surface area (Å²) >= 11 is 11.9. The zero-order valence-electron chi connectivity index (χ0n) is 9.25. The summed E-state index contributed by atoms with van der Waals surface area (Å²) in [5.74, 6) is 0.307. The summed E-state index contributed by atoms with van der Waals surface area (Å²) in [6.45, 7) is 0.453. The summed E-state index contributed by atoms with van der Waals surface area (Å²) in [5.41, 5.74) is 6.04. The minimum absolute atomic E-state index is 0.0394. The summed E-state index contributed by atoms with van der Waals surface area (Å²) < 4.78 is 0. The molecule has 3 N–H and O–H groups in total. The first-order valence-electron chi connectivity index (χ1n) is 5.58. The van der Waals surface area contributed by atoms with Gasteiger partial charge in [0.2, 0.25) is 0 Å². The van der Waals surface area contributed by atoms with Crippen LogP contribution in [0.4, 0.5) is 0 Å². The Bertz CT molecular complexity index is 433. The molecule has 1 amide bonds. The Kier molecular flexibility index (Phi) is 3.92. The van der Waals surface area contributed by atoms with Crippen molar-refractivity contribution in [2.24, 2.45) is 11.7 Å². The number of carbonyl (C=O) groups excluding carboxylic acids is 1. The number of nitrogens with one attached hydrogen (secondary N) is 1. The molecular formula is C12H14Cl2N2O. The van der Waals surface area contributed by atoms with Gasteiger partial charge >= 0.3 is 0 Å². The van der Waals surface area contributed by atoms with Crippen molar-refractivity contribution >= 4 is 29.1 Å². The molecule has 0 aromatic heterocycles. The van der Waals surface area contributed by atoms with Crippen molar-refractivity contribution in [3.05, 3.63) is 33.8 Å². The molecule has 0 aliphatic heterocycles. The van der Waals surface area contributed by atoms with E-state index in [4.69, 9.17) is 28.9 Å². The van der Waals surface area contributed by atoms with Gasteiger partial charge in [-0.25, -0.2) is 0 Å². The summed E-state index contributed by atoms with van der Waals surface area (Å²) in [6, 6.07) is 5.06. The predicted octanol–water partition coefficient (Wildman–Crippen LogP) is 2.46. The lowest BCUT2D eigenvalue weighted by Gasteiger charge is -2.16. The van der Waals surface area contributed by atoms with Crippen LogP contribution in [0.25, 0.3) is 0 Å². The number of carbonyl (C=O) groups is 1. The van der Waals surface area contributed by atoms with Crippen LogP contribution in [0, 0.1) is 5.92 Å². The highest BCUT2D eigenvalue weighted by Crippen LogP contribution is 2.32. The minimum atomic E-state index is -0.208. The van der Waals surface area contributed by atoms with Gasteiger partial charge in [-0.15, -0.1) is 0 Å². The van der Waals surface area contributed by atoms with E-state index < -0.39 is 0 Å². The SMILES string of the molecule is NCC(NC(=O)c1cccc(Cl)c1Cl)C1CC1. The molecule has 92 valence electrons. The molecular weight excluding hydrogens is 259 g/mol. The van der Waals surface area contributed by atoms with Gasteiger partial charge in [0.1, 0.15) is 0 Å². The molecule has 0 heterocycles. The first-order valence-corrected chi connectivity index (χ1v) is 6.34. The van der Waals surface area contributed by atoms with Crippen LogP contribution in [0.2, 0.25) is 10.0 Å². The quantitative estimate of drug-likeness (QED) is 0.885. The molecule has 0 saturated heterocycles. The molecule has 0 radical (unpaired) electrons. The zero-order chi connectivity index (χ0) is 12.4. The fraction of sp³-hybridized carbons (Fsp3) is 0.417. The Morgan fingerprint density at radius 3 is 2.76 bits per heavy atom. The van der Waals surface area contributed by atoms with Crippen LogP contribution in [-0.2, 0) is 0 Å². The van der Waals surface area contributed by atoms with Crippen LogP contribution in [0.1, 0.15) is 23.2 Å². The first kappa shape index (κ1) is 12.7. The van der Waals surface area contributed by atoms with E-state index in [9.17, 15) is 4.79 Å². The smallest absolute Gasteiger partial charge is 0.253 e. The van der Waals surface area contributed by atoms with E-state index in [1.54, 1.807) is 18.2 Å². The van der Waals surface area contributed by atoms with Crippen LogP contribution in [-0.4, -0.2) is 18.5 Å². The topological polar surface area (TPSA) is 55.1 Å². The van der Waals surface area contributed by atoms with Crippen LogP contribution in [0.5, 0.6) is 0 Å². The molecule has 1 aromatic carbocycles. The van der Waals surface area contributed by atoms with E-state index >= 15 is 0 Å². The second kappa shape index (κ2) is 5.25. The minimum Gasteiger partial charge on any atom is -0.348 e. The van der Waals surface area contributed by atoms with E-state index in [1.807, 2.05) is 0 Å². The Balaban J connectivity index is 2.11. The van der Waals surface area contributed by atoms with E-state index in [1.165, 1.54) is 0 Å². The van der Waals surface area contributed by atoms with Gasteiger partial charge < -0.3 is 11.1 Å². The normalized spacial score (nSPS) is 16.6. The molecule has 5 heteroatoms. The van der Waals surface area contributed by atoms with Crippen molar-refractivity contribution < 1.29 is 4.79 Å². The molecule has 1 atom stereocenters. The summed E-state index contributed by atoms with van der Waals surface area (Å²) in [6.07, 6.45) is 2.26. The molecule has 3 nitrogen and oxygen atoms in total. The van der Waals surface area contributed by atoms with Crippen molar-refractivity contribution in [1.29, 1.82) is 0 Å². The summed E-state index contributed by atoms with van der Waals surface area (Å²) in [7, 11) is 0. The number of rotatable bonds is 4. The van der Waals surface area contributed by atoms with Crippen molar-refractivity contribution in [3.63, 3.8) is 0 Å². The third kappa shape index (κ3) is 2.92. The summed E-state index contributed by atoms with van der Waals surface area (Å²) in [4.78, 5) is 12.0. The lowest BCUT2D eigenvalue weighted by molar-refractivity contribution is 0.0933. The largest absolute Gasteiger partial charge is 0.348 e. The number of halogens is 2. The van der Waals surface area contributed by atoms with E-state index in [0.717, 1.165) is 12.8 Å². The second-order valence-corrected chi connectivity index (χ2v) is 5.04. The molecule has 1 saturated carbocycles. The maximum Gasteiger partial charge on any atom is 0.253 e. The lowest BCUT2D eigenvalue weighted by Crippen LogP contribution is -2.41. The van der Waals surface area contributed by atoms with Crippen LogP contribution < -0.4 is 11.1 Å². The highest BCUT2D eigenvalue weighted by Gasteiger charge is 2.31. The highest BCUT2D eigenvalue weighted by atomic mass is 35.5. The molecule has 1 fully saturated rings. The van der Waals surface area contributed by atoms with Gasteiger partial charge in [-0.1, -0.05) is 29.3 Å². The van der Waals surface area contributed by atoms with Gasteiger partial charge in [0, 0.05) is 12.6 Å². The molecule has 17 heavy (non-hydrogen) atoms. The molecule has 1 aromatic rings. The van der Waals surface area contributed by atoms with Crippen molar-refractivity contribution in [3.8, 4) is 0 Å². The van der Waals surface area contributed by atoms with Gasteiger partial charge in [0.25, 0.3) is 5.91 Å². The Morgan fingerprint density at radius 2 is 2.18 bits per heavy atom. The third-order valence-electron chi connectivity index (χ3n) is 2.96. The van der Waals surface area contributed by atoms with E-state index in [0.29, 0.717) is 28.1 Å². The standard InChI is InChI=1S/C12H14Cl2N2O/c13-9-3-1-2-8(11(9)14)12(17)16-10(6-15)7-4-5-7/h1-3,7,10H,4-6,15H2,(H,16,17). The number of amides is 1. The maximum absolute atomic E-state index is 12.0. The molecule has 0 bridgehead atoms. The van der Waals surface area contributed by atoms with E-state index in [2.05, 4.69) is 5.32 Å². The maximum atomic E-state index is 12.0. The fourth-order valence-electron chi connectivity index (χ4n) is 1.79. The van der Waals surface area contributed by atoms with Gasteiger partial charge in [-0.2, -0.15) is 0 Å². The Morgan fingerprint density at radius 1 is 1.47 bits per heavy atom. The predicted molar refractivity (Wildman–Crippen MR) is 69.5 cm³/mol. The fourth-order valence-corrected chi connectivity index (χ4v) is 2.18. The van der Waals surface area contributed by atoms with Gasteiger partial charge in [0.15, 0.2) is 0 Å². The number of hydrogen-bond acceptors (Lipinski definition) is 2. The van der Waals surface area contributed by atoms with Crippen LogP contribution in [0.3, 0.4) is 0 Å². The molecule has 1 aliphatic carbocycles. The van der Waals surface area contributed by atoms with Gasteiger partial charge in [-0.3, -0.25) is 4.79 Å². The van der Waals surface area contributed by atoms with Gasteiger partial charge in [-0.05, 0) is 30.9 Å². The zero-order valence-corrected chi connectivity index (χ0v) is 10.8. The van der Waals surface area contributed by atoms with E-state index in [-0.39, 0.29) is 11.9 Å². The van der Waals surface area contributed by atoms with Crippen molar-refractivity contribution in [2.75, 3.05) is 6.54 Å². The number of nitrogens with two attached hydrogens (primary N) is 1. The van der Waals surface area contributed by atoms with Crippen LogP contribution in [0.15, 0.2) is 18.2 Å². The van der Waals surface area contributed by atoms with Crippen molar-refractivity contribution in [1.82, 2.24) is 5.32 Å². The monoisotopic (exact) mass is 272 g/mol. The van der Waals surface area contributed by atoms with Crippen molar-refractivity contribution in [2.45, 2.75) is 18.9 Å². The third-order valence-corrected chi connectivity index (χ3v) is 3.78. The second-order valence-electron chi connectivity index (χ2n) is 4.25. The van der Waals surface area contributed by atoms with Gasteiger partial charge in [0.05, 0.1) is 15.6 Å². The molecule has 2 rings (SSSR count). The number of hydrogen-bond donors (Lipinski definition) is 2. The average molecular weight is 273 g/mol. The van der Waals surface area contributed by atoms with Crippen LogP contribution >= 0.6 is 23.2 Å². The lowest BCUT2D eigenvalue weighted by atomic mass is 10.1. The highest BCUT2D eigenvalue weighted by molar-refractivity contribution is 6.43. The molecule has 0 spiro atoms. The Hall–Kier alpha value is -0.770. The number of benzene rings is 1. The Labute approximate surface area is 110 Å². The first-order chi connectivity index (χ1) is 8.13. The molecule has 1 unspecified atom stereocenters. The molecule has 1 aliphatic rings. The average Bonchev–Trinajstić information content (AvgIpc) is 3.13.